The molecule has 434 valence electrons. The maximum Gasteiger partial charge on any atom is 0.330 e. The third-order valence-corrected chi connectivity index (χ3v) is 23.0. The Morgan fingerprint density at radius 3 is 1.54 bits per heavy atom. The number of benzene rings is 1. The summed E-state index contributed by atoms with van der Waals surface area (Å²) in [5.41, 5.74) is 2.10. The average molecular weight is 1090 g/mol. The highest BCUT2D eigenvalue weighted by atomic mass is 16.6. The Labute approximate surface area is 480 Å². The van der Waals surface area contributed by atoms with Gasteiger partial charge < -0.3 is 18.9 Å². The van der Waals surface area contributed by atoms with Crippen LogP contribution in [-0.4, -0.2) is 49.3 Å². The van der Waals surface area contributed by atoms with Crippen molar-refractivity contribution >= 4 is 30.0 Å². The molecule has 0 N–H and O–H groups in total. The number of hydrogen-bond acceptors (Lipinski definition) is 8. The second-order valence-electron chi connectivity index (χ2n) is 28.3. The van der Waals surface area contributed by atoms with Crippen LogP contribution in [0.2, 0.25) is 0 Å². The number of aryl methyl sites for hydroxylation is 1. The SMILES string of the molecule is C1=CC2CC1CC2C1CCCCC1.CC(=O)OCC1CC2C=CC1C2.CC1(OC(=O)C2CC3C=CC2C3)C2CC3CC(C2)CC1C3.CCOC(=O)CCC1CC2C=CC1C2.Cc1ccc(/C=C/C(=O)OCC2CC3C=CC2C3)cc1. The second kappa shape index (κ2) is 26.0. The zero-order valence-corrected chi connectivity index (χ0v) is 49.2. The van der Waals surface area contributed by atoms with E-state index in [9.17, 15) is 19.2 Å². The molecule has 14 bridgehead atoms. The van der Waals surface area contributed by atoms with Gasteiger partial charge in [-0.2, -0.15) is 0 Å². The second-order valence-corrected chi connectivity index (χ2v) is 28.3. The molecule has 80 heavy (non-hydrogen) atoms. The molecule has 15 unspecified atom stereocenters. The molecule has 1 aromatic carbocycles. The van der Waals surface area contributed by atoms with Gasteiger partial charge in [-0.3, -0.25) is 14.4 Å². The van der Waals surface area contributed by atoms with Gasteiger partial charge in [0.1, 0.15) is 5.60 Å². The smallest absolute Gasteiger partial charge is 0.330 e. The normalized spacial score (nSPS) is 40.3. The summed E-state index contributed by atoms with van der Waals surface area (Å²) in [5.74, 6) is 14.6. The molecule has 15 aliphatic carbocycles. The van der Waals surface area contributed by atoms with Crippen molar-refractivity contribution in [2.45, 2.75) is 175 Å². The predicted octanol–water partition coefficient (Wildman–Crippen LogP) is 15.8. The van der Waals surface area contributed by atoms with Crippen molar-refractivity contribution in [3.05, 3.63) is 102 Å². The predicted molar refractivity (Wildman–Crippen MR) is 316 cm³/mol. The molecule has 10 fully saturated rings. The lowest BCUT2D eigenvalue weighted by Gasteiger charge is -2.59. The van der Waals surface area contributed by atoms with Gasteiger partial charge in [-0.1, -0.05) is 123 Å². The number of carbonyl (C=O) groups is 4. The summed E-state index contributed by atoms with van der Waals surface area (Å²) >= 11 is 0. The van der Waals surface area contributed by atoms with Crippen LogP contribution < -0.4 is 0 Å². The van der Waals surface area contributed by atoms with Crippen LogP contribution in [0.5, 0.6) is 0 Å². The standard InChI is InChI=1S/C19H26O2.C18H20O2.C13H20.C12H18O2.C10H14O2/c1-19(15-6-12-4-13(8-15)9-16(19)7-12)21-18(20)17-10-11-2-3-14(17)5-11;1-13-2-4-14(5-3-13)7-9-18(19)20-12-17-11-15-6-8-16(17)10-15;1-2-4-11(5-3-1)13-9-10-6-7-12(13)8-10;1-2-14-12(13)6-5-11-8-9-3-4-10(11)7-9;1-7(11)12-6-10-5-8-2-3-9(10)4-8/h2-3,11-17H,4-10H2,1H3;2-9,15-17H,10-12H2,1H3;6-7,10-13H,1-5,8-9H2;3-4,9-11H,2,5-8H2,1H3;2-3,8-10H,4-6H2,1H3/b;9-7+;;;. The van der Waals surface area contributed by atoms with Gasteiger partial charge in [0, 0.05) is 19.4 Å². The van der Waals surface area contributed by atoms with Gasteiger partial charge in [-0.25, -0.2) is 4.79 Å². The van der Waals surface area contributed by atoms with E-state index in [1.807, 2.05) is 44.2 Å². The Hall–Kier alpha value is -4.46. The average Bonchev–Trinajstić information content (AvgIpc) is 4.44. The van der Waals surface area contributed by atoms with E-state index in [1.54, 1.807) is 12.8 Å². The van der Waals surface area contributed by atoms with Crippen LogP contribution in [-0.2, 0) is 38.1 Å². The summed E-state index contributed by atoms with van der Waals surface area (Å²) in [4.78, 5) is 46.2. The molecule has 0 saturated heterocycles. The molecule has 10 saturated carbocycles. The summed E-state index contributed by atoms with van der Waals surface area (Å²) < 4.78 is 21.6. The summed E-state index contributed by atoms with van der Waals surface area (Å²) in [7, 11) is 0. The highest BCUT2D eigenvalue weighted by Crippen LogP contribution is 2.60. The van der Waals surface area contributed by atoms with Gasteiger partial charge in [-0.15, -0.1) is 0 Å². The van der Waals surface area contributed by atoms with Gasteiger partial charge in [-0.05, 0) is 248 Å². The highest BCUT2D eigenvalue weighted by Gasteiger charge is 2.58. The largest absolute Gasteiger partial charge is 0.466 e. The molecule has 8 nitrogen and oxygen atoms in total. The minimum atomic E-state index is -0.239. The van der Waals surface area contributed by atoms with Crippen molar-refractivity contribution in [1.82, 2.24) is 0 Å². The van der Waals surface area contributed by atoms with Gasteiger partial charge in [0.2, 0.25) is 0 Å². The van der Waals surface area contributed by atoms with Crippen LogP contribution in [0.25, 0.3) is 6.08 Å². The number of fused-ring (bicyclic) bond motifs is 10. The van der Waals surface area contributed by atoms with E-state index in [2.05, 4.69) is 67.7 Å². The number of allylic oxidation sites excluding steroid dienone is 10. The Kier molecular flexibility index (Phi) is 18.6. The minimum absolute atomic E-state index is 0.0285. The Bertz CT molecular complexity index is 2460. The molecule has 0 radical (unpaired) electrons. The first kappa shape index (κ1) is 57.4. The van der Waals surface area contributed by atoms with Crippen molar-refractivity contribution in [2.75, 3.05) is 19.8 Å². The van der Waals surface area contributed by atoms with Crippen LogP contribution in [0.1, 0.15) is 173 Å². The summed E-state index contributed by atoms with van der Waals surface area (Å²) in [6.45, 7) is 9.34. The summed E-state index contributed by atoms with van der Waals surface area (Å²) in [5, 5.41) is 0. The molecule has 0 aromatic heterocycles. The first-order valence-electron chi connectivity index (χ1n) is 32.7. The van der Waals surface area contributed by atoms with E-state index in [0.29, 0.717) is 73.6 Å². The Balaban J connectivity index is 0.000000107. The molecule has 15 atom stereocenters. The molecule has 0 heterocycles. The summed E-state index contributed by atoms with van der Waals surface area (Å²) in [6, 6.07) is 8.07. The number of hydrogen-bond donors (Lipinski definition) is 0. The van der Waals surface area contributed by atoms with E-state index in [1.165, 1.54) is 128 Å². The number of rotatable bonds is 13. The number of esters is 4. The highest BCUT2D eigenvalue weighted by molar-refractivity contribution is 5.87. The lowest BCUT2D eigenvalue weighted by molar-refractivity contribution is -0.207. The zero-order valence-electron chi connectivity index (χ0n) is 49.2. The third kappa shape index (κ3) is 14.0. The third-order valence-electron chi connectivity index (χ3n) is 23.0. The fourth-order valence-electron chi connectivity index (χ4n) is 18.8. The van der Waals surface area contributed by atoms with Gasteiger partial charge in [0.25, 0.3) is 0 Å². The van der Waals surface area contributed by atoms with Crippen LogP contribution >= 0.6 is 0 Å². The van der Waals surface area contributed by atoms with Crippen molar-refractivity contribution in [3.8, 4) is 0 Å². The molecule has 8 heteroatoms. The van der Waals surface area contributed by atoms with E-state index in [0.717, 1.165) is 83.5 Å². The number of carbonyl (C=O) groups excluding carboxylic acids is 4. The molecule has 16 rings (SSSR count). The van der Waals surface area contributed by atoms with Crippen LogP contribution in [0, 0.1) is 125 Å². The monoisotopic (exact) mass is 1090 g/mol. The molecule has 0 aliphatic heterocycles. The molecule has 1 aromatic rings. The first-order chi connectivity index (χ1) is 38.8. The topological polar surface area (TPSA) is 105 Å². The van der Waals surface area contributed by atoms with Crippen LogP contribution in [0.15, 0.2) is 91.1 Å². The Morgan fingerprint density at radius 1 is 0.550 bits per heavy atom. The van der Waals surface area contributed by atoms with E-state index in [-0.39, 0.29) is 35.4 Å². The molecule has 15 aliphatic rings. The Morgan fingerprint density at radius 2 is 1.06 bits per heavy atom. The van der Waals surface area contributed by atoms with Gasteiger partial charge in [0.05, 0.1) is 25.7 Å². The first-order valence-corrected chi connectivity index (χ1v) is 32.7. The molecule has 0 amide bonds. The van der Waals surface area contributed by atoms with E-state index >= 15 is 0 Å². The van der Waals surface area contributed by atoms with Gasteiger partial charge >= 0.3 is 23.9 Å². The fraction of sp³-hybridized carbons (Fsp3) is 0.694. The molecular weight excluding hydrogens is 993 g/mol. The number of ether oxygens (including phenoxy) is 4. The van der Waals surface area contributed by atoms with E-state index < -0.39 is 0 Å². The van der Waals surface area contributed by atoms with Gasteiger partial charge in [0.15, 0.2) is 0 Å². The van der Waals surface area contributed by atoms with Crippen molar-refractivity contribution in [3.63, 3.8) is 0 Å². The fourth-order valence-corrected chi connectivity index (χ4v) is 18.8. The molecular formula is C72H98O8. The lowest BCUT2D eigenvalue weighted by atomic mass is 9.50. The maximum atomic E-state index is 12.8. The van der Waals surface area contributed by atoms with Crippen molar-refractivity contribution in [2.24, 2.45) is 118 Å². The van der Waals surface area contributed by atoms with E-state index in [4.69, 9.17) is 18.9 Å². The lowest BCUT2D eigenvalue weighted by Crippen LogP contribution is -2.58. The minimum Gasteiger partial charge on any atom is -0.466 e. The zero-order chi connectivity index (χ0) is 55.3. The van der Waals surface area contributed by atoms with Crippen molar-refractivity contribution < 1.29 is 38.1 Å². The van der Waals surface area contributed by atoms with Crippen LogP contribution in [0.3, 0.4) is 0 Å². The molecule has 0 spiro atoms. The van der Waals surface area contributed by atoms with Crippen LogP contribution in [0.4, 0.5) is 0 Å². The quantitative estimate of drug-likeness (QED) is 0.0832. The maximum absolute atomic E-state index is 12.8. The van der Waals surface area contributed by atoms with Crippen molar-refractivity contribution in [1.29, 1.82) is 0 Å². The summed E-state index contributed by atoms with van der Waals surface area (Å²) in [6.07, 6.45) is 55.5.